The van der Waals surface area contributed by atoms with Crippen LogP contribution >= 0.6 is 0 Å². The molecule has 0 atom stereocenters. The smallest absolute Gasteiger partial charge is 0.0471 e. The Balaban J connectivity index is 1.62. The van der Waals surface area contributed by atoms with Gasteiger partial charge in [-0.2, -0.15) is 0 Å². The highest BCUT2D eigenvalue weighted by molar-refractivity contribution is 6.08. The van der Waals surface area contributed by atoms with E-state index in [1.807, 2.05) is 0 Å². The summed E-state index contributed by atoms with van der Waals surface area (Å²) >= 11 is 0. The van der Waals surface area contributed by atoms with Crippen molar-refractivity contribution in [1.82, 2.24) is 4.98 Å². The number of fused-ring (bicyclic) bond motifs is 3. The van der Waals surface area contributed by atoms with Crippen LogP contribution in [0.25, 0.3) is 38.5 Å². The second-order valence-corrected chi connectivity index (χ2v) is 6.65. The molecule has 0 radical (unpaired) electrons. The number of hydrogen-bond donors (Lipinski definition) is 1. The van der Waals surface area contributed by atoms with E-state index in [0.29, 0.717) is 0 Å². The van der Waals surface area contributed by atoms with Crippen molar-refractivity contribution in [2.75, 3.05) is 0 Å². The predicted molar refractivity (Wildman–Crippen MR) is 108 cm³/mol. The van der Waals surface area contributed by atoms with Gasteiger partial charge in [0, 0.05) is 21.8 Å². The Bertz CT molecular complexity index is 1140. The average Bonchev–Trinajstić information content (AvgIpc) is 3.06. The van der Waals surface area contributed by atoms with Gasteiger partial charge in [-0.1, -0.05) is 66.8 Å². The van der Waals surface area contributed by atoms with Crippen LogP contribution in [0.5, 0.6) is 0 Å². The molecule has 4 aromatic rings. The Labute approximate surface area is 147 Å². The fourth-order valence-corrected chi connectivity index (χ4v) is 3.74. The van der Waals surface area contributed by atoms with E-state index in [0.717, 1.165) is 12.8 Å². The van der Waals surface area contributed by atoms with E-state index in [4.69, 9.17) is 0 Å². The highest BCUT2D eigenvalue weighted by Crippen LogP contribution is 2.31. The van der Waals surface area contributed by atoms with Crippen molar-refractivity contribution in [3.8, 4) is 11.1 Å². The molecule has 0 unspecified atom stereocenters. The lowest BCUT2D eigenvalue weighted by atomic mass is 9.95. The molecule has 3 aromatic carbocycles. The van der Waals surface area contributed by atoms with Gasteiger partial charge in [0.1, 0.15) is 0 Å². The zero-order valence-corrected chi connectivity index (χ0v) is 14.0. The quantitative estimate of drug-likeness (QED) is 0.422. The number of rotatable bonds is 2. The first-order valence-corrected chi connectivity index (χ1v) is 8.86. The van der Waals surface area contributed by atoms with Crippen LogP contribution in [0.4, 0.5) is 0 Å². The molecule has 5 rings (SSSR count). The molecule has 1 N–H and O–H groups in total. The molecular formula is C24H19N. The molecule has 0 saturated carbocycles. The van der Waals surface area contributed by atoms with E-state index in [1.54, 1.807) is 0 Å². The lowest BCUT2D eigenvalue weighted by Gasteiger charge is -2.09. The van der Waals surface area contributed by atoms with E-state index >= 15 is 0 Å². The normalized spacial score (nSPS) is 14.2. The van der Waals surface area contributed by atoms with Crippen LogP contribution in [-0.2, 0) is 0 Å². The molecule has 0 amide bonds. The van der Waals surface area contributed by atoms with Gasteiger partial charge in [-0.25, -0.2) is 0 Å². The first kappa shape index (κ1) is 14.3. The van der Waals surface area contributed by atoms with Gasteiger partial charge in [-0.3, -0.25) is 0 Å². The SMILES string of the molecule is C1=CC(c2cccc(-c3ccc4c(c3)[nH]c3ccccc34)c2)=CCC1. The maximum absolute atomic E-state index is 3.54. The van der Waals surface area contributed by atoms with Gasteiger partial charge >= 0.3 is 0 Å². The van der Waals surface area contributed by atoms with Crippen molar-refractivity contribution in [2.24, 2.45) is 0 Å². The number of allylic oxidation sites excluding steroid dienone is 4. The van der Waals surface area contributed by atoms with Crippen molar-refractivity contribution < 1.29 is 0 Å². The summed E-state index contributed by atoms with van der Waals surface area (Å²) in [7, 11) is 0. The van der Waals surface area contributed by atoms with E-state index in [1.165, 1.54) is 44.1 Å². The van der Waals surface area contributed by atoms with E-state index in [-0.39, 0.29) is 0 Å². The Morgan fingerprint density at radius 1 is 0.640 bits per heavy atom. The van der Waals surface area contributed by atoms with Crippen LogP contribution in [-0.4, -0.2) is 4.98 Å². The molecule has 1 heterocycles. The number of H-pyrrole nitrogens is 1. The number of hydrogen-bond acceptors (Lipinski definition) is 0. The maximum atomic E-state index is 3.54. The molecule has 0 fully saturated rings. The second-order valence-electron chi connectivity index (χ2n) is 6.65. The summed E-state index contributed by atoms with van der Waals surface area (Å²) < 4.78 is 0. The molecule has 1 heteroatoms. The van der Waals surface area contributed by atoms with E-state index < -0.39 is 0 Å². The molecule has 0 bridgehead atoms. The Hall–Kier alpha value is -3.06. The zero-order valence-electron chi connectivity index (χ0n) is 14.0. The van der Waals surface area contributed by atoms with Crippen LogP contribution in [0.3, 0.4) is 0 Å². The third kappa shape index (κ3) is 2.49. The van der Waals surface area contributed by atoms with Crippen LogP contribution < -0.4 is 0 Å². The van der Waals surface area contributed by atoms with Crippen molar-refractivity contribution in [2.45, 2.75) is 12.8 Å². The lowest BCUT2D eigenvalue weighted by molar-refractivity contribution is 1.04. The van der Waals surface area contributed by atoms with Crippen molar-refractivity contribution in [3.05, 3.63) is 90.5 Å². The van der Waals surface area contributed by atoms with Crippen molar-refractivity contribution in [3.63, 3.8) is 0 Å². The summed E-state index contributed by atoms with van der Waals surface area (Å²) in [6.45, 7) is 0. The number of aromatic amines is 1. The zero-order chi connectivity index (χ0) is 16.6. The molecular weight excluding hydrogens is 302 g/mol. The van der Waals surface area contributed by atoms with Gasteiger partial charge in [0.2, 0.25) is 0 Å². The highest BCUT2D eigenvalue weighted by atomic mass is 14.7. The van der Waals surface area contributed by atoms with Crippen LogP contribution in [0.15, 0.2) is 85.0 Å². The summed E-state index contributed by atoms with van der Waals surface area (Å²) in [5.41, 5.74) is 7.53. The maximum Gasteiger partial charge on any atom is 0.0471 e. The van der Waals surface area contributed by atoms with Gasteiger partial charge < -0.3 is 4.98 Å². The van der Waals surface area contributed by atoms with E-state index in [2.05, 4.69) is 89.9 Å². The third-order valence-electron chi connectivity index (χ3n) is 5.03. The second kappa shape index (κ2) is 5.78. The summed E-state index contributed by atoms with van der Waals surface area (Å²) in [4.78, 5) is 3.54. The van der Waals surface area contributed by atoms with Gasteiger partial charge in [0.05, 0.1) is 0 Å². The first-order chi connectivity index (χ1) is 12.4. The van der Waals surface area contributed by atoms with Gasteiger partial charge in [-0.05, 0) is 53.3 Å². The Kier molecular flexibility index (Phi) is 3.31. The Morgan fingerprint density at radius 3 is 2.40 bits per heavy atom. The summed E-state index contributed by atoms with van der Waals surface area (Å²) in [6.07, 6.45) is 9.12. The van der Waals surface area contributed by atoms with Crippen molar-refractivity contribution >= 4 is 27.4 Å². The minimum Gasteiger partial charge on any atom is -0.354 e. The Morgan fingerprint density at radius 2 is 1.48 bits per heavy atom. The minimum atomic E-state index is 1.14. The van der Waals surface area contributed by atoms with Crippen molar-refractivity contribution in [1.29, 1.82) is 0 Å². The van der Waals surface area contributed by atoms with Crippen LogP contribution in [0.1, 0.15) is 18.4 Å². The third-order valence-corrected chi connectivity index (χ3v) is 5.03. The monoisotopic (exact) mass is 321 g/mol. The molecule has 1 aliphatic rings. The summed E-state index contributed by atoms with van der Waals surface area (Å²) in [6, 6.07) is 24.1. The van der Waals surface area contributed by atoms with Gasteiger partial charge in [0.15, 0.2) is 0 Å². The fraction of sp³-hybridized carbons (Fsp3) is 0.0833. The summed E-state index contributed by atoms with van der Waals surface area (Å²) in [5.74, 6) is 0. The lowest BCUT2D eigenvalue weighted by Crippen LogP contribution is -1.87. The molecule has 0 aliphatic heterocycles. The number of para-hydroxylation sites is 1. The number of aromatic nitrogens is 1. The largest absolute Gasteiger partial charge is 0.354 e. The van der Waals surface area contributed by atoms with Crippen LogP contribution in [0, 0.1) is 0 Å². The minimum absolute atomic E-state index is 1.14. The number of nitrogens with one attached hydrogen (secondary N) is 1. The molecule has 0 saturated heterocycles. The standard InChI is InChI=1S/C24H19N/c1-2-7-17(8-3-1)18-9-6-10-19(15-18)20-13-14-22-21-11-4-5-12-23(21)25-24(22)16-20/h2,4-16,25H,1,3H2. The van der Waals surface area contributed by atoms with Crippen LogP contribution in [0.2, 0.25) is 0 Å². The molecule has 1 aliphatic carbocycles. The molecule has 0 spiro atoms. The van der Waals surface area contributed by atoms with E-state index in [9.17, 15) is 0 Å². The number of benzene rings is 3. The first-order valence-electron chi connectivity index (χ1n) is 8.86. The highest BCUT2D eigenvalue weighted by Gasteiger charge is 2.07. The average molecular weight is 321 g/mol. The summed E-state index contributed by atoms with van der Waals surface area (Å²) in [5, 5.41) is 2.57. The molecule has 1 nitrogen and oxygen atoms in total. The molecule has 25 heavy (non-hydrogen) atoms. The van der Waals surface area contributed by atoms with Gasteiger partial charge in [-0.15, -0.1) is 0 Å². The topological polar surface area (TPSA) is 15.8 Å². The fourth-order valence-electron chi connectivity index (χ4n) is 3.74. The van der Waals surface area contributed by atoms with Gasteiger partial charge in [0.25, 0.3) is 0 Å². The molecule has 120 valence electrons. The molecule has 1 aromatic heterocycles. The predicted octanol–water partition coefficient (Wildman–Crippen LogP) is 6.72.